The third kappa shape index (κ3) is 22.3. The van der Waals surface area contributed by atoms with Gasteiger partial charge in [-0.15, -0.1) is 35.3 Å². The fourth-order valence-corrected chi connectivity index (χ4v) is 27.9. The maximum Gasteiger partial charge on any atom is 0.272 e. The van der Waals surface area contributed by atoms with Crippen molar-refractivity contribution < 1.29 is 128 Å². The van der Waals surface area contributed by atoms with Crippen LogP contribution in [0.3, 0.4) is 0 Å². The van der Waals surface area contributed by atoms with Crippen LogP contribution in [-0.2, 0) is 61.7 Å². The summed E-state index contributed by atoms with van der Waals surface area (Å²) in [5.74, 6) is -12.8. The number of alkyl halides is 4. The number of carbonyl (C=O) groups excluding carboxylic acids is 3. The van der Waals surface area contributed by atoms with Crippen molar-refractivity contribution in [1.82, 2.24) is 0 Å². The summed E-state index contributed by atoms with van der Waals surface area (Å²) in [6.45, 7) is -1.49. The Bertz CT molecular complexity index is 6280. The zero-order chi connectivity index (χ0) is 107. The molecule has 12 aliphatic rings. The van der Waals surface area contributed by atoms with Crippen LogP contribution in [0, 0.1) is 126 Å². The summed E-state index contributed by atoms with van der Waals surface area (Å²) in [6.07, 6.45) is -2.59. The second kappa shape index (κ2) is 47.7. The van der Waals surface area contributed by atoms with Crippen molar-refractivity contribution in [3.63, 3.8) is 0 Å². The normalized spacial score (nSPS) is 28.5. The van der Waals surface area contributed by atoms with Gasteiger partial charge in [0.2, 0.25) is 0 Å². The molecule has 0 amide bonds. The van der Waals surface area contributed by atoms with Crippen molar-refractivity contribution in [1.29, 1.82) is 0 Å². The number of carbonyl (C=O) groups is 3. The zero-order valence-corrected chi connectivity index (χ0v) is 84.1. The van der Waals surface area contributed by atoms with E-state index in [-0.39, 0.29) is 156 Å². The average Bonchev–Trinajstić information content (AvgIpc) is 1.55. The maximum atomic E-state index is 14.7. The Morgan fingerprint density at radius 1 is 0.327 bits per heavy atom. The Labute approximate surface area is 873 Å². The summed E-state index contributed by atoms with van der Waals surface area (Å²) in [5.41, 5.74) is 10.1. The van der Waals surface area contributed by atoms with E-state index in [0.29, 0.717) is 78.5 Å². The fourth-order valence-electron chi connectivity index (χ4n) is 20.7. The second-order valence-corrected chi connectivity index (χ2v) is 43.0. The lowest BCUT2D eigenvalue weighted by Crippen LogP contribution is -2.43. The molecule has 18 atom stereocenters. The molecule has 6 fully saturated rings. The van der Waals surface area contributed by atoms with Gasteiger partial charge in [0.1, 0.15) is 59.9 Å². The molecule has 25 nitrogen and oxygen atoms in total. The first kappa shape index (κ1) is 112. The highest BCUT2D eigenvalue weighted by Gasteiger charge is 2.62. The van der Waals surface area contributed by atoms with Gasteiger partial charge in [-0.3, -0.25) is 49.6 Å². The number of hydrogen-bond acceptors (Lipinski definition) is 29. The fraction of sp³-hybridized carbons (Fsp3) is 0.388. The molecule has 6 saturated heterocycles. The third-order valence-electron chi connectivity index (χ3n) is 28.4. The molecule has 9 aromatic carbocycles. The molecule has 12 heterocycles. The van der Waals surface area contributed by atoms with Crippen molar-refractivity contribution in [2.45, 2.75) is 102 Å². The minimum atomic E-state index is -1.46. The van der Waals surface area contributed by atoms with Crippen molar-refractivity contribution >= 4 is 130 Å². The van der Waals surface area contributed by atoms with Gasteiger partial charge in [0.25, 0.3) is 11.4 Å². The molecule has 0 unspecified atom stereocenters. The van der Waals surface area contributed by atoms with Crippen LogP contribution < -0.4 is 17.2 Å². The molecular weight excluding hydrogens is 2110 g/mol. The third-order valence-corrected chi connectivity index (χ3v) is 34.4. The smallest absolute Gasteiger partial charge is 0.272 e. The van der Waals surface area contributed by atoms with Gasteiger partial charge in [-0.05, 0) is 30.7 Å². The highest BCUT2D eigenvalue weighted by Crippen LogP contribution is 2.57. The summed E-state index contributed by atoms with van der Waals surface area (Å²) in [5, 5.41) is 33.8. The molecule has 794 valence electrons. The van der Waals surface area contributed by atoms with Gasteiger partial charge in [-0.25, -0.2) is 85.2 Å². The number of non-ortho nitro benzene ring substituents is 2. The number of nitrogens with zero attached hydrogens (tertiary/aromatic N) is 8. The molecule has 9 aromatic rings. The van der Waals surface area contributed by atoms with Crippen LogP contribution in [0.2, 0.25) is 0 Å². The molecule has 0 saturated carbocycles. The van der Waals surface area contributed by atoms with Crippen LogP contribution in [0.4, 0.5) is 81.6 Å². The Kier molecular flexibility index (Phi) is 35.4. The van der Waals surface area contributed by atoms with Gasteiger partial charge in [-0.1, -0.05) is 182 Å². The molecule has 0 spiro atoms. The number of fused-ring (bicyclic) bond motifs is 6. The van der Waals surface area contributed by atoms with E-state index < -0.39 is 199 Å². The van der Waals surface area contributed by atoms with E-state index in [1.54, 1.807) is 66.7 Å². The lowest BCUT2D eigenvalue weighted by atomic mass is 9.78. The second-order valence-electron chi connectivity index (χ2n) is 36.6. The Morgan fingerprint density at radius 2 is 0.560 bits per heavy atom. The van der Waals surface area contributed by atoms with Crippen molar-refractivity contribution in [2.75, 3.05) is 107 Å². The van der Waals surface area contributed by atoms with Gasteiger partial charge < -0.3 is 50.7 Å². The first-order chi connectivity index (χ1) is 72.0. The number of ether oxygens (including phenoxy) is 6. The van der Waals surface area contributed by atoms with E-state index in [1.165, 1.54) is 89.5 Å². The highest BCUT2D eigenvalue weighted by atomic mass is 32.2. The lowest BCUT2D eigenvalue weighted by Gasteiger charge is -2.36. The number of aliphatic hydroxyl groups is 1. The van der Waals surface area contributed by atoms with Gasteiger partial charge in [-0.2, -0.15) is 0 Å². The predicted molar refractivity (Wildman–Crippen MR) is 540 cm³/mol. The first-order valence-corrected chi connectivity index (χ1v) is 52.9. The number of aliphatic hydroxyl groups excluding tert-OH is 1. The molecule has 21 rings (SSSR count). The SMILES string of the molecule is CC[C@H]1OC[C@]2(c3cccc(F)c3F)N=C(CC(=O)c3ccccc3)SC[C@H]12.NC1=N[C@@]2(c3cc([N+](=O)[O-])cc(F)c3F)CO[C@H](CF)[C@H]2CS1.NC1=N[C@@]2(c3cc([N+](=O)[O-])cc(F)c3F)CO[C@H](CF)[C@H]2CS1.NC1=N[C@@]2(c3cccc(F)c3F)CO[C@H](CF)[C@H]2CS1.O=C(CC1=N[C@@]2(c3cccc(F)c3F)CO[C@H](CF)[C@H]2CS1)c1ccccc1.O=C(CC1=N[C@@]2(c3cccc(F)c3F)CO[C@H](CO)[C@H]2CS1)c1ccccc1. The average molecular weight is 2210 g/mol. The number of aliphatic imine (C=N–C) groups is 6. The summed E-state index contributed by atoms with van der Waals surface area (Å²) in [7, 11) is 0. The van der Waals surface area contributed by atoms with Gasteiger partial charge >= 0.3 is 0 Å². The number of thioether (sulfide) groups is 6. The molecule has 0 radical (unpaired) electrons. The first-order valence-electron chi connectivity index (χ1n) is 46.9. The molecule has 47 heteroatoms. The largest absolute Gasteiger partial charge is 0.394 e. The molecule has 150 heavy (non-hydrogen) atoms. The molecular formula is C103H95F16N11O14S6. The Hall–Kier alpha value is -11.1. The van der Waals surface area contributed by atoms with Gasteiger partial charge in [0.05, 0.1) is 139 Å². The topological polar surface area (TPSA) is 365 Å². The number of nitrogens with two attached hydrogens (primary N) is 3. The van der Waals surface area contributed by atoms with Crippen LogP contribution in [0.15, 0.2) is 218 Å². The summed E-state index contributed by atoms with van der Waals surface area (Å²) in [6, 6.07) is 45.6. The summed E-state index contributed by atoms with van der Waals surface area (Å²) >= 11 is 7.87. The molecule has 7 N–H and O–H groups in total. The summed E-state index contributed by atoms with van der Waals surface area (Å²) in [4.78, 5) is 84.9. The van der Waals surface area contributed by atoms with E-state index in [0.717, 1.165) is 66.3 Å². The predicted octanol–water partition coefficient (Wildman–Crippen LogP) is 19.6. The summed E-state index contributed by atoms with van der Waals surface area (Å²) < 4.78 is 256. The number of hydrogen-bond donors (Lipinski definition) is 4. The van der Waals surface area contributed by atoms with E-state index in [2.05, 4.69) is 20.0 Å². The van der Waals surface area contributed by atoms with Crippen molar-refractivity contribution in [2.24, 2.45) is 82.7 Å². The van der Waals surface area contributed by atoms with Crippen molar-refractivity contribution in [3.8, 4) is 0 Å². The molecule has 0 aromatic heterocycles. The van der Waals surface area contributed by atoms with E-state index in [9.17, 15) is 110 Å². The van der Waals surface area contributed by atoms with E-state index in [1.807, 2.05) is 37.3 Å². The minimum Gasteiger partial charge on any atom is -0.394 e. The van der Waals surface area contributed by atoms with Gasteiger partial charge in [0.15, 0.2) is 103 Å². The molecule has 12 aliphatic heterocycles. The van der Waals surface area contributed by atoms with Crippen LogP contribution in [0.25, 0.3) is 0 Å². The Morgan fingerprint density at radius 3 is 0.820 bits per heavy atom. The maximum absolute atomic E-state index is 14.7. The number of benzene rings is 9. The van der Waals surface area contributed by atoms with Gasteiger partial charge in [0, 0.05) is 132 Å². The highest BCUT2D eigenvalue weighted by molar-refractivity contribution is 8.15. The molecule has 0 bridgehead atoms. The van der Waals surface area contributed by atoms with E-state index >= 15 is 0 Å². The number of Topliss-reactive ketones (excluding diaryl/α,β-unsaturated/α-hetero) is 3. The Balaban J connectivity index is 0.000000129. The number of amidine groups is 3. The minimum absolute atomic E-state index is 0.00782. The zero-order valence-electron chi connectivity index (χ0n) is 79.2. The number of halogens is 16. The standard InChI is InChI=1S/C22H21F2NO2S.C21H18F3NO2S.C21H19F2NO3S.2C13H12F3N3O3S.C13H13F3N2OS/c1-2-19-16-12-28-20(11-18(26)14-7-4-3-5-8-14)25-22(16,13-27-19)15-9-6-10-17(23)21(15)24;22-10-18-15-11-28-19(9-17(26)13-5-2-1-3-6-13)25-21(15,12-27-18)14-7-4-8-16(23)20(14)24;22-16-8-4-7-14(20(16)23)21-12-27-18(10-25)15(21)11-28-19(24-21)9-17(26)13-5-2-1-3-6-13;2*14-3-10-8-4-23-12(17)18-13(8,5-22-10)7-1-6(19(20)21)2-9(15)11(7)16;14-4-10-8-5-20-12(17)18-13(8,6-19-10)7-2-1-3-9(15)11(7)16/h3-10,16,19H,2,11-13H2,1H3;1-8,15,18H,9-12H2;1-8,15,18,25H,9-12H2;2*1-2,8,10H,3-5H2,(H2,17,18);1-3,8,10H,4-6H2,(H2,17,18)/t16-,19-,22-;2*15-,18-,21-;3*8-,10-,13-/m111111/s1. The van der Waals surface area contributed by atoms with E-state index in [4.69, 9.17) is 55.6 Å². The number of nitro benzene ring substituents is 2. The lowest BCUT2D eigenvalue weighted by molar-refractivity contribution is -0.385. The van der Waals surface area contributed by atoms with Crippen LogP contribution >= 0.6 is 70.6 Å². The van der Waals surface area contributed by atoms with Crippen LogP contribution in [0.1, 0.15) is 97.1 Å². The number of rotatable bonds is 23. The monoisotopic (exact) mass is 2210 g/mol. The molecule has 0 aliphatic carbocycles. The number of ketones is 3. The van der Waals surface area contributed by atoms with Crippen LogP contribution in [-0.4, -0.2) is 207 Å². The quantitative estimate of drug-likeness (QED) is 0.0200. The number of nitro groups is 2. The van der Waals surface area contributed by atoms with Crippen LogP contribution in [0.5, 0.6) is 0 Å². The van der Waals surface area contributed by atoms with Crippen molar-refractivity contribution in [3.05, 3.63) is 328 Å².